The van der Waals surface area contributed by atoms with Gasteiger partial charge >= 0.3 is 0 Å². The van der Waals surface area contributed by atoms with Crippen LogP contribution in [0.4, 0.5) is 0 Å². The Morgan fingerprint density at radius 3 is 2.34 bits per heavy atom. The summed E-state index contributed by atoms with van der Waals surface area (Å²) in [5, 5.41) is 0. The van der Waals surface area contributed by atoms with Crippen LogP contribution in [-0.2, 0) is 14.8 Å². The van der Waals surface area contributed by atoms with Crippen molar-refractivity contribution < 1.29 is 17.9 Å². The van der Waals surface area contributed by atoms with Gasteiger partial charge in [0.2, 0.25) is 15.9 Å². The fourth-order valence-corrected chi connectivity index (χ4v) is 5.41. The number of nitrogens with zero attached hydrogens (tertiary/aromatic N) is 3. The Hall–Kier alpha value is -2.42. The van der Waals surface area contributed by atoms with E-state index < -0.39 is 10.0 Å². The number of aryl methyl sites for hydroxylation is 2. The molecule has 8 heteroatoms. The summed E-state index contributed by atoms with van der Waals surface area (Å²) in [5.74, 6) is 0.793. The Kier molecular flexibility index (Phi) is 7.59. The Morgan fingerprint density at radius 1 is 1.06 bits per heavy atom. The van der Waals surface area contributed by atoms with Crippen LogP contribution in [0, 0.1) is 13.8 Å². The molecule has 0 aliphatic carbocycles. The van der Waals surface area contributed by atoms with Gasteiger partial charge in [0, 0.05) is 37.8 Å². The number of amides is 1. The van der Waals surface area contributed by atoms with Gasteiger partial charge < -0.3 is 9.64 Å². The van der Waals surface area contributed by atoms with E-state index in [2.05, 4.69) is 0 Å². The zero-order valence-electron chi connectivity index (χ0n) is 19.5. The molecule has 1 saturated heterocycles. The number of para-hydroxylation sites is 1. The van der Waals surface area contributed by atoms with Gasteiger partial charge in [-0.1, -0.05) is 24.3 Å². The summed E-state index contributed by atoms with van der Waals surface area (Å²) in [6.45, 7) is 7.54. The molecule has 2 aromatic rings. The Balaban J connectivity index is 1.59. The summed E-state index contributed by atoms with van der Waals surface area (Å²) in [6.07, 6.45) is 0. The van der Waals surface area contributed by atoms with Crippen molar-refractivity contribution in [2.45, 2.75) is 31.7 Å². The van der Waals surface area contributed by atoms with Crippen molar-refractivity contribution in [2.75, 3.05) is 46.9 Å². The lowest BCUT2D eigenvalue weighted by Gasteiger charge is -2.35. The highest BCUT2D eigenvalue weighted by Gasteiger charge is 2.31. The molecule has 32 heavy (non-hydrogen) atoms. The first-order valence-electron chi connectivity index (χ1n) is 10.8. The molecule has 0 N–H and O–H groups in total. The predicted molar refractivity (Wildman–Crippen MR) is 125 cm³/mol. The lowest BCUT2D eigenvalue weighted by atomic mass is 10.1. The number of sulfonamides is 1. The van der Waals surface area contributed by atoms with E-state index in [0.717, 1.165) is 22.4 Å². The number of methoxy groups -OCH3 is 1. The summed E-state index contributed by atoms with van der Waals surface area (Å²) < 4.78 is 32.9. The SMILES string of the molecule is COc1ccccc1C(C)N(C)CC(=O)N1CCN(S(=O)(=O)c2ccc(C)c(C)c2)CC1. The van der Waals surface area contributed by atoms with Crippen LogP contribution in [-0.4, -0.2) is 75.3 Å². The topological polar surface area (TPSA) is 70.2 Å². The van der Waals surface area contributed by atoms with E-state index in [1.54, 1.807) is 24.1 Å². The zero-order valence-corrected chi connectivity index (χ0v) is 20.4. The number of carbonyl (C=O) groups is 1. The maximum atomic E-state index is 13.0. The first-order valence-corrected chi connectivity index (χ1v) is 12.3. The van der Waals surface area contributed by atoms with Crippen molar-refractivity contribution in [3.05, 3.63) is 59.2 Å². The van der Waals surface area contributed by atoms with Crippen LogP contribution < -0.4 is 4.74 Å². The van der Waals surface area contributed by atoms with Crippen LogP contribution in [0.2, 0.25) is 0 Å². The Bertz CT molecular complexity index is 1060. The summed E-state index contributed by atoms with van der Waals surface area (Å²) >= 11 is 0. The number of hydrogen-bond donors (Lipinski definition) is 0. The molecule has 1 aliphatic heterocycles. The minimum atomic E-state index is -3.56. The van der Waals surface area contributed by atoms with Crippen molar-refractivity contribution in [1.29, 1.82) is 0 Å². The molecular weight excluding hydrogens is 426 g/mol. The maximum absolute atomic E-state index is 13.0. The molecule has 0 spiro atoms. The van der Waals surface area contributed by atoms with Crippen molar-refractivity contribution >= 4 is 15.9 Å². The molecule has 0 bridgehead atoms. The molecule has 1 amide bonds. The van der Waals surface area contributed by atoms with Gasteiger partial charge in [-0.2, -0.15) is 4.31 Å². The van der Waals surface area contributed by atoms with Gasteiger partial charge in [-0.05, 0) is 57.1 Å². The van der Waals surface area contributed by atoms with Crippen molar-refractivity contribution in [2.24, 2.45) is 0 Å². The van der Waals surface area contributed by atoms with Gasteiger partial charge in [-0.3, -0.25) is 9.69 Å². The van der Waals surface area contributed by atoms with Gasteiger partial charge in [-0.25, -0.2) is 8.42 Å². The summed E-state index contributed by atoms with van der Waals surface area (Å²) in [6, 6.07) is 13.0. The van der Waals surface area contributed by atoms with Gasteiger partial charge in [0.05, 0.1) is 18.6 Å². The molecule has 1 fully saturated rings. The van der Waals surface area contributed by atoms with Gasteiger partial charge in [0.15, 0.2) is 0 Å². The van der Waals surface area contributed by atoms with Gasteiger partial charge in [0.25, 0.3) is 0 Å². The second-order valence-electron chi connectivity index (χ2n) is 8.36. The van der Waals surface area contributed by atoms with Gasteiger partial charge in [-0.15, -0.1) is 0 Å². The number of rotatable bonds is 7. The van der Waals surface area contributed by atoms with E-state index >= 15 is 0 Å². The Morgan fingerprint density at radius 2 is 1.72 bits per heavy atom. The molecule has 7 nitrogen and oxygen atoms in total. The van der Waals surface area contributed by atoms with E-state index in [4.69, 9.17) is 4.74 Å². The summed E-state index contributed by atoms with van der Waals surface area (Å²) in [7, 11) is -0.00641. The van der Waals surface area contributed by atoms with E-state index in [9.17, 15) is 13.2 Å². The molecule has 1 unspecified atom stereocenters. The molecule has 0 aromatic heterocycles. The highest BCUT2D eigenvalue weighted by Crippen LogP contribution is 2.28. The van der Waals surface area contributed by atoms with E-state index in [-0.39, 0.29) is 18.5 Å². The maximum Gasteiger partial charge on any atom is 0.243 e. The second kappa shape index (κ2) is 10.0. The fraction of sp³-hybridized carbons (Fsp3) is 0.458. The molecule has 1 aliphatic rings. The predicted octanol–water partition coefficient (Wildman–Crippen LogP) is 2.84. The van der Waals surface area contributed by atoms with E-state index in [0.29, 0.717) is 31.1 Å². The highest BCUT2D eigenvalue weighted by molar-refractivity contribution is 7.89. The third kappa shape index (κ3) is 5.14. The molecule has 1 atom stereocenters. The highest BCUT2D eigenvalue weighted by atomic mass is 32.2. The lowest BCUT2D eigenvalue weighted by molar-refractivity contribution is -0.133. The average Bonchev–Trinajstić information content (AvgIpc) is 2.80. The average molecular weight is 460 g/mol. The molecular formula is C24H33N3O4S. The fourth-order valence-electron chi connectivity index (χ4n) is 3.90. The van der Waals surface area contributed by atoms with Crippen molar-refractivity contribution in [3.8, 4) is 5.75 Å². The summed E-state index contributed by atoms with van der Waals surface area (Å²) in [4.78, 5) is 16.9. The quantitative estimate of drug-likeness (QED) is 0.637. The number of piperazine rings is 1. The number of ether oxygens (including phenoxy) is 1. The lowest BCUT2D eigenvalue weighted by Crippen LogP contribution is -2.52. The second-order valence-corrected chi connectivity index (χ2v) is 10.3. The van der Waals surface area contributed by atoms with E-state index in [1.807, 2.05) is 63.1 Å². The normalized spacial score (nSPS) is 16.2. The summed E-state index contributed by atoms with van der Waals surface area (Å²) in [5.41, 5.74) is 3.03. The molecule has 2 aromatic carbocycles. The smallest absolute Gasteiger partial charge is 0.243 e. The molecule has 3 rings (SSSR count). The third-order valence-corrected chi connectivity index (χ3v) is 8.24. The number of carbonyl (C=O) groups excluding carboxylic acids is 1. The van der Waals surface area contributed by atoms with Gasteiger partial charge in [0.1, 0.15) is 5.75 Å². The minimum absolute atomic E-state index is 0.00143. The number of likely N-dealkylation sites (N-methyl/N-ethyl adjacent to an activating group) is 1. The number of benzene rings is 2. The van der Waals surface area contributed by atoms with E-state index in [1.165, 1.54) is 4.31 Å². The van der Waals surface area contributed by atoms with Crippen LogP contribution >= 0.6 is 0 Å². The van der Waals surface area contributed by atoms with Crippen LogP contribution in [0.5, 0.6) is 5.75 Å². The number of hydrogen-bond acceptors (Lipinski definition) is 5. The van der Waals surface area contributed by atoms with Crippen LogP contribution in [0.15, 0.2) is 47.4 Å². The third-order valence-electron chi connectivity index (χ3n) is 6.34. The van der Waals surface area contributed by atoms with Crippen LogP contribution in [0.3, 0.4) is 0 Å². The Labute approximate surface area is 191 Å². The van der Waals surface area contributed by atoms with Crippen molar-refractivity contribution in [3.63, 3.8) is 0 Å². The minimum Gasteiger partial charge on any atom is -0.496 e. The standard InChI is InChI=1S/C24H33N3O4S/c1-18-10-11-21(16-19(18)2)32(29,30)27-14-12-26(13-15-27)24(28)17-25(4)20(3)22-8-6-7-9-23(22)31-5/h6-11,16,20H,12-15,17H2,1-5H3. The molecule has 0 saturated carbocycles. The monoisotopic (exact) mass is 459 g/mol. The van der Waals surface area contributed by atoms with Crippen molar-refractivity contribution in [1.82, 2.24) is 14.1 Å². The first kappa shape index (κ1) is 24.2. The first-order chi connectivity index (χ1) is 15.1. The largest absolute Gasteiger partial charge is 0.496 e. The van der Waals surface area contributed by atoms with Crippen LogP contribution in [0.25, 0.3) is 0 Å². The van der Waals surface area contributed by atoms with Crippen LogP contribution in [0.1, 0.15) is 29.7 Å². The molecule has 0 radical (unpaired) electrons. The zero-order chi connectivity index (χ0) is 23.5. The molecule has 1 heterocycles. The molecule has 174 valence electrons.